The van der Waals surface area contributed by atoms with Crippen LogP contribution in [-0.4, -0.2) is 38.6 Å². The summed E-state index contributed by atoms with van der Waals surface area (Å²) in [6.07, 6.45) is 17.5. The van der Waals surface area contributed by atoms with Crippen molar-refractivity contribution in [3.63, 3.8) is 0 Å². The van der Waals surface area contributed by atoms with E-state index >= 15 is 0 Å². The Kier molecular flexibility index (Phi) is 15.3. The van der Waals surface area contributed by atoms with E-state index in [0.717, 1.165) is 29.9 Å². The molecule has 0 radical (unpaired) electrons. The van der Waals surface area contributed by atoms with Gasteiger partial charge in [-0.05, 0) is 37.5 Å². The van der Waals surface area contributed by atoms with Crippen LogP contribution in [0.3, 0.4) is 0 Å². The first kappa shape index (κ1) is 28.6. The van der Waals surface area contributed by atoms with Crippen molar-refractivity contribution >= 4 is 23.7 Å². The molecular formula is C26H47N3O2S. The van der Waals surface area contributed by atoms with Crippen LogP contribution < -0.4 is 5.32 Å². The molecule has 0 spiro atoms. The van der Waals surface area contributed by atoms with E-state index in [9.17, 15) is 9.90 Å². The fraction of sp³-hybridized carbons (Fsp3) is 0.769. The van der Waals surface area contributed by atoms with Gasteiger partial charge in [0.2, 0.25) is 5.95 Å². The van der Waals surface area contributed by atoms with Crippen LogP contribution in [0.1, 0.15) is 92.4 Å². The molecule has 0 bridgehead atoms. The molecule has 0 saturated heterocycles. The molecule has 184 valence electrons. The lowest BCUT2D eigenvalue weighted by Gasteiger charge is -2.15. The fourth-order valence-corrected chi connectivity index (χ4v) is 4.88. The van der Waals surface area contributed by atoms with Gasteiger partial charge in [0.1, 0.15) is 6.04 Å². The van der Waals surface area contributed by atoms with Crippen molar-refractivity contribution in [2.45, 2.75) is 98.4 Å². The van der Waals surface area contributed by atoms with E-state index in [0.29, 0.717) is 11.7 Å². The Balaban J connectivity index is 2.10. The maximum atomic E-state index is 11.4. The Morgan fingerprint density at radius 1 is 1.09 bits per heavy atom. The second-order valence-corrected chi connectivity index (χ2v) is 11.0. The van der Waals surface area contributed by atoms with Crippen molar-refractivity contribution in [3.8, 4) is 0 Å². The van der Waals surface area contributed by atoms with Crippen molar-refractivity contribution < 1.29 is 9.90 Å². The number of hydrogen-bond donors (Lipinski definition) is 3. The molecule has 0 aromatic carbocycles. The van der Waals surface area contributed by atoms with E-state index in [1.807, 2.05) is 0 Å². The third-order valence-electron chi connectivity index (χ3n) is 6.08. The van der Waals surface area contributed by atoms with Crippen molar-refractivity contribution in [1.29, 1.82) is 0 Å². The van der Waals surface area contributed by atoms with E-state index in [1.54, 1.807) is 24.2 Å². The summed E-state index contributed by atoms with van der Waals surface area (Å²) < 4.78 is 0. The van der Waals surface area contributed by atoms with Gasteiger partial charge in [0, 0.05) is 23.9 Å². The molecular weight excluding hydrogens is 418 g/mol. The summed E-state index contributed by atoms with van der Waals surface area (Å²) in [7, 11) is 0. The largest absolute Gasteiger partial charge is 0.480 e. The van der Waals surface area contributed by atoms with E-state index in [-0.39, 0.29) is 0 Å². The zero-order valence-corrected chi connectivity index (χ0v) is 21.8. The monoisotopic (exact) mass is 465 g/mol. The molecule has 1 heterocycles. The molecule has 1 rings (SSSR count). The number of aliphatic carboxylic acids is 1. The molecule has 0 amide bonds. The van der Waals surface area contributed by atoms with Crippen LogP contribution in [0.4, 0.5) is 5.95 Å². The number of carboxylic acids is 1. The van der Waals surface area contributed by atoms with Crippen molar-refractivity contribution in [3.05, 3.63) is 24.0 Å². The van der Waals surface area contributed by atoms with Gasteiger partial charge in [-0.1, -0.05) is 84.3 Å². The van der Waals surface area contributed by atoms with Gasteiger partial charge in [0.05, 0.1) is 0 Å². The Bertz CT molecular complexity index is 631. The quantitative estimate of drug-likeness (QED) is 0.147. The number of nitrogens with one attached hydrogen (secondary N) is 2. The number of aromatic amines is 1. The molecule has 32 heavy (non-hydrogen) atoms. The summed E-state index contributed by atoms with van der Waals surface area (Å²) in [5, 5.41) is 12.3. The van der Waals surface area contributed by atoms with Crippen LogP contribution >= 0.6 is 11.8 Å². The predicted molar refractivity (Wildman–Crippen MR) is 139 cm³/mol. The Morgan fingerprint density at radius 2 is 1.72 bits per heavy atom. The number of nitrogens with zero attached hydrogens (tertiary/aromatic N) is 1. The molecule has 1 aromatic heterocycles. The van der Waals surface area contributed by atoms with Gasteiger partial charge in [-0.2, -0.15) is 11.8 Å². The van der Waals surface area contributed by atoms with Crippen LogP contribution in [-0.2, 0) is 4.79 Å². The third kappa shape index (κ3) is 14.6. The number of anilines is 1. The summed E-state index contributed by atoms with van der Waals surface area (Å²) in [5.74, 6) is 3.52. The average molecular weight is 466 g/mol. The van der Waals surface area contributed by atoms with E-state index in [4.69, 9.17) is 0 Å². The smallest absolute Gasteiger partial charge is 0.327 e. The number of allylic oxidation sites excluding steroid dienone is 1. The van der Waals surface area contributed by atoms with Crippen LogP contribution in [0.5, 0.6) is 0 Å². The zero-order chi connectivity index (χ0) is 23.8. The van der Waals surface area contributed by atoms with Gasteiger partial charge in [0.25, 0.3) is 0 Å². The van der Waals surface area contributed by atoms with Gasteiger partial charge in [0.15, 0.2) is 0 Å². The minimum absolute atomic E-state index is 0.499. The standard InChI is InChI=1S/C26H47N3O2S/c1-20(2)9-6-10-21(3)11-7-12-22(4)13-8-14-23(5)15-18-32-19-24(25(30)31)29-26-27-16-17-28-26/h15-17,20-22,24H,6-14,18-19H2,1-5H3,(H,30,31)(H2,27,28,29). The number of carbonyl (C=O) groups is 1. The molecule has 3 unspecified atom stereocenters. The summed E-state index contributed by atoms with van der Waals surface area (Å²) >= 11 is 1.64. The predicted octanol–water partition coefficient (Wildman–Crippen LogP) is 7.39. The van der Waals surface area contributed by atoms with Crippen molar-refractivity contribution in [2.75, 3.05) is 16.8 Å². The number of imidazole rings is 1. The number of carboxylic acid groups (broad SMARTS) is 1. The van der Waals surface area contributed by atoms with Gasteiger partial charge in [-0.25, -0.2) is 9.78 Å². The Hall–Kier alpha value is -1.43. The average Bonchev–Trinajstić information content (AvgIpc) is 3.23. The van der Waals surface area contributed by atoms with Gasteiger partial charge < -0.3 is 15.4 Å². The summed E-state index contributed by atoms with van der Waals surface area (Å²) in [4.78, 5) is 18.3. The third-order valence-corrected chi connectivity index (χ3v) is 7.05. The van der Waals surface area contributed by atoms with Crippen molar-refractivity contribution in [1.82, 2.24) is 9.97 Å². The highest BCUT2D eigenvalue weighted by atomic mass is 32.2. The SMILES string of the molecule is CC(=CCSCC(Nc1ncc[nH]1)C(=O)O)CCCC(C)CCCC(C)CCCC(C)C. The normalized spacial score (nSPS) is 15.0. The number of thioether (sulfide) groups is 1. The minimum atomic E-state index is -0.853. The van der Waals surface area contributed by atoms with Gasteiger partial charge in [-0.15, -0.1) is 0 Å². The number of rotatable bonds is 19. The number of aromatic nitrogens is 2. The summed E-state index contributed by atoms with van der Waals surface area (Å²) in [5.41, 5.74) is 1.41. The molecule has 6 heteroatoms. The molecule has 1 aromatic rings. The zero-order valence-electron chi connectivity index (χ0n) is 21.0. The van der Waals surface area contributed by atoms with Crippen LogP contribution in [0.2, 0.25) is 0 Å². The van der Waals surface area contributed by atoms with E-state index in [2.05, 4.69) is 56.0 Å². The lowest BCUT2D eigenvalue weighted by Crippen LogP contribution is -2.32. The lowest BCUT2D eigenvalue weighted by atomic mass is 9.91. The Morgan fingerprint density at radius 3 is 2.28 bits per heavy atom. The first-order valence-corrected chi connectivity index (χ1v) is 13.7. The van der Waals surface area contributed by atoms with Gasteiger partial charge >= 0.3 is 5.97 Å². The summed E-state index contributed by atoms with van der Waals surface area (Å²) in [6.45, 7) is 11.6. The second kappa shape index (κ2) is 17.1. The first-order chi connectivity index (χ1) is 15.3. The molecule has 0 saturated carbocycles. The van der Waals surface area contributed by atoms with Crippen LogP contribution in [0.15, 0.2) is 24.0 Å². The lowest BCUT2D eigenvalue weighted by molar-refractivity contribution is -0.137. The first-order valence-electron chi connectivity index (χ1n) is 12.5. The maximum Gasteiger partial charge on any atom is 0.327 e. The minimum Gasteiger partial charge on any atom is -0.480 e. The van der Waals surface area contributed by atoms with Gasteiger partial charge in [-0.3, -0.25) is 0 Å². The highest BCUT2D eigenvalue weighted by Crippen LogP contribution is 2.22. The topological polar surface area (TPSA) is 78.0 Å². The number of H-pyrrole nitrogens is 1. The Labute approximate surface area is 200 Å². The van der Waals surface area contributed by atoms with E-state index in [1.165, 1.54) is 56.9 Å². The molecule has 3 N–H and O–H groups in total. The molecule has 5 nitrogen and oxygen atoms in total. The maximum absolute atomic E-state index is 11.4. The molecule has 0 fully saturated rings. The molecule has 0 aliphatic heterocycles. The highest BCUT2D eigenvalue weighted by Gasteiger charge is 2.17. The molecule has 0 aliphatic carbocycles. The molecule has 0 aliphatic rings. The molecule has 3 atom stereocenters. The van der Waals surface area contributed by atoms with Crippen LogP contribution in [0.25, 0.3) is 0 Å². The highest BCUT2D eigenvalue weighted by molar-refractivity contribution is 7.99. The summed E-state index contributed by atoms with van der Waals surface area (Å²) in [6, 6.07) is -0.640. The fourth-order valence-electron chi connectivity index (χ4n) is 3.88. The number of hydrogen-bond acceptors (Lipinski definition) is 4. The second-order valence-electron chi connectivity index (χ2n) is 9.92. The van der Waals surface area contributed by atoms with Crippen molar-refractivity contribution in [2.24, 2.45) is 17.8 Å². The van der Waals surface area contributed by atoms with Crippen LogP contribution in [0, 0.1) is 17.8 Å². The van der Waals surface area contributed by atoms with E-state index < -0.39 is 12.0 Å².